The van der Waals surface area contributed by atoms with Crippen molar-refractivity contribution in [1.82, 2.24) is 0 Å². The molecule has 0 aliphatic rings. The molecule has 0 saturated heterocycles. The minimum absolute atomic E-state index is 0.122. The van der Waals surface area contributed by atoms with E-state index in [-0.39, 0.29) is 5.91 Å². The molecule has 1 atom stereocenters. The highest BCUT2D eigenvalue weighted by Gasteiger charge is 2.08. The first-order chi connectivity index (χ1) is 9.08. The Morgan fingerprint density at radius 3 is 2.32 bits per heavy atom. The second-order valence-corrected chi connectivity index (χ2v) is 4.57. The van der Waals surface area contributed by atoms with Gasteiger partial charge in [-0.15, -0.1) is 0 Å². The Bertz CT molecular complexity index is 574. The molecule has 0 aliphatic carbocycles. The summed E-state index contributed by atoms with van der Waals surface area (Å²) in [5.41, 5.74) is 3.16. The van der Waals surface area contributed by atoms with E-state index in [1.165, 1.54) is 0 Å². The maximum absolute atomic E-state index is 12.1. The third-order valence-electron chi connectivity index (χ3n) is 3.04. The van der Waals surface area contributed by atoms with Crippen LogP contribution < -0.4 is 5.32 Å². The van der Waals surface area contributed by atoms with Gasteiger partial charge in [0, 0.05) is 11.3 Å². The molecule has 0 heterocycles. The summed E-state index contributed by atoms with van der Waals surface area (Å²) in [6.07, 6.45) is -0.499. The van der Waals surface area contributed by atoms with Gasteiger partial charge in [-0.1, -0.05) is 30.3 Å². The Kier molecular flexibility index (Phi) is 3.97. The Labute approximate surface area is 112 Å². The van der Waals surface area contributed by atoms with Crippen molar-refractivity contribution < 1.29 is 9.90 Å². The van der Waals surface area contributed by atoms with Crippen molar-refractivity contribution in [2.75, 3.05) is 5.32 Å². The molecule has 3 nitrogen and oxygen atoms in total. The van der Waals surface area contributed by atoms with Crippen LogP contribution in [-0.2, 0) is 0 Å². The number of aliphatic hydroxyl groups is 1. The predicted octanol–water partition coefficient (Wildman–Crippen LogP) is 3.30. The van der Waals surface area contributed by atoms with Crippen molar-refractivity contribution in [3.63, 3.8) is 0 Å². The molecular formula is C16H17NO2. The highest BCUT2D eigenvalue weighted by molar-refractivity contribution is 6.05. The summed E-state index contributed by atoms with van der Waals surface area (Å²) in [7, 11) is 0. The fraction of sp³-hybridized carbons (Fsp3) is 0.188. The van der Waals surface area contributed by atoms with Crippen LogP contribution in [0.25, 0.3) is 0 Å². The Morgan fingerprint density at radius 2 is 1.74 bits per heavy atom. The van der Waals surface area contributed by atoms with Gasteiger partial charge in [-0.25, -0.2) is 0 Å². The molecule has 1 amide bonds. The van der Waals surface area contributed by atoms with Crippen molar-refractivity contribution in [2.24, 2.45) is 0 Å². The number of benzene rings is 2. The Hall–Kier alpha value is -2.13. The molecule has 0 fully saturated rings. The topological polar surface area (TPSA) is 49.3 Å². The van der Waals surface area contributed by atoms with Gasteiger partial charge >= 0.3 is 0 Å². The lowest BCUT2D eigenvalue weighted by atomic mass is 10.1. The zero-order valence-electron chi connectivity index (χ0n) is 11.1. The van der Waals surface area contributed by atoms with Crippen LogP contribution in [0.3, 0.4) is 0 Å². The third kappa shape index (κ3) is 3.20. The summed E-state index contributed by atoms with van der Waals surface area (Å²) in [5, 5.41) is 12.3. The second-order valence-electron chi connectivity index (χ2n) is 4.57. The van der Waals surface area contributed by atoms with Crippen LogP contribution in [-0.4, -0.2) is 11.0 Å². The molecule has 98 valence electrons. The van der Waals surface area contributed by atoms with Crippen molar-refractivity contribution in [2.45, 2.75) is 20.0 Å². The zero-order valence-corrected chi connectivity index (χ0v) is 11.1. The molecule has 0 aliphatic heterocycles. The van der Waals surface area contributed by atoms with E-state index in [0.717, 1.165) is 16.8 Å². The van der Waals surface area contributed by atoms with Gasteiger partial charge in [0.25, 0.3) is 5.91 Å². The fourth-order valence-electron chi connectivity index (χ4n) is 1.87. The summed E-state index contributed by atoms with van der Waals surface area (Å²) in [5.74, 6) is -0.122. The number of hydrogen-bond acceptors (Lipinski definition) is 2. The van der Waals surface area contributed by atoms with Crippen LogP contribution in [0, 0.1) is 6.92 Å². The quantitative estimate of drug-likeness (QED) is 0.884. The van der Waals surface area contributed by atoms with Crippen LogP contribution in [0.5, 0.6) is 0 Å². The first-order valence-electron chi connectivity index (χ1n) is 6.23. The zero-order chi connectivity index (χ0) is 13.8. The van der Waals surface area contributed by atoms with E-state index in [9.17, 15) is 9.90 Å². The lowest BCUT2D eigenvalue weighted by molar-refractivity contribution is 0.102. The standard InChI is InChI=1S/C16H17NO2/c1-11-5-3-4-6-15(11)16(19)17-14-9-7-13(8-10-14)12(2)18/h3-10,12,18H,1-2H3,(H,17,19). The summed E-state index contributed by atoms with van der Waals surface area (Å²) >= 11 is 0. The van der Waals surface area contributed by atoms with Crippen LogP contribution in [0.15, 0.2) is 48.5 Å². The van der Waals surface area contributed by atoms with Gasteiger partial charge in [0.15, 0.2) is 0 Å². The van der Waals surface area contributed by atoms with E-state index < -0.39 is 6.10 Å². The van der Waals surface area contributed by atoms with E-state index in [0.29, 0.717) is 5.56 Å². The van der Waals surface area contributed by atoms with Gasteiger partial charge < -0.3 is 10.4 Å². The number of aliphatic hydroxyl groups excluding tert-OH is 1. The summed E-state index contributed by atoms with van der Waals surface area (Å²) in [4.78, 5) is 12.1. The molecule has 0 radical (unpaired) electrons. The number of hydrogen-bond donors (Lipinski definition) is 2. The van der Waals surface area contributed by atoms with Crippen molar-refractivity contribution in [1.29, 1.82) is 0 Å². The summed E-state index contributed by atoms with van der Waals surface area (Å²) in [6.45, 7) is 3.62. The number of aryl methyl sites for hydroxylation is 1. The van der Waals surface area contributed by atoms with Gasteiger partial charge in [0.1, 0.15) is 0 Å². The van der Waals surface area contributed by atoms with Gasteiger partial charge in [0.2, 0.25) is 0 Å². The Balaban J connectivity index is 2.13. The second kappa shape index (κ2) is 5.67. The predicted molar refractivity (Wildman–Crippen MR) is 76.2 cm³/mol. The fourth-order valence-corrected chi connectivity index (χ4v) is 1.87. The molecule has 2 rings (SSSR count). The molecule has 3 heteroatoms. The number of rotatable bonds is 3. The van der Waals surface area contributed by atoms with E-state index in [2.05, 4.69) is 5.32 Å². The van der Waals surface area contributed by atoms with E-state index in [4.69, 9.17) is 0 Å². The number of carbonyl (C=O) groups excluding carboxylic acids is 1. The normalized spacial score (nSPS) is 11.9. The van der Waals surface area contributed by atoms with E-state index >= 15 is 0 Å². The molecule has 2 aromatic carbocycles. The summed E-state index contributed by atoms with van der Waals surface area (Å²) < 4.78 is 0. The highest BCUT2D eigenvalue weighted by Crippen LogP contribution is 2.17. The van der Waals surface area contributed by atoms with Crippen LogP contribution in [0.1, 0.15) is 34.5 Å². The van der Waals surface area contributed by atoms with Crippen molar-refractivity contribution in [3.05, 3.63) is 65.2 Å². The van der Waals surface area contributed by atoms with E-state index in [1.54, 1.807) is 37.3 Å². The van der Waals surface area contributed by atoms with Gasteiger partial charge in [-0.05, 0) is 43.2 Å². The molecule has 2 N–H and O–H groups in total. The van der Waals surface area contributed by atoms with Crippen LogP contribution in [0.4, 0.5) is 5.69 Å². The lowest BCUT2D eigenvalue weighted by Crippen LogP contribution is -2.13. The molecule has 0 spiro atoms. The first-order valence-corrected chi connectivity index (χ1v) is 6.23. The van der Waals surface area contributed by atoms with Crippen molar-refractivity contribution >= 4 is 11.6 Å². The minimum atomic E-state index is -0.499. The molecule has 1 unspecified atom stereocenters. The average molecular weight is 255 g/mol. The van der Waals surface area contributed by atoms with Gasteiger partial charge in [0.05, 0.1) is 6.10 Å². The molecule has 0 aromatic heterocycles. The smallest absolute Gasteiger partial charge is 0.255 e. The first kappa shape index (κ1) is 13.3. The maximum Gasteiger partial charge on any atom is 0.255 e. The highest BCUT2D eigenvalue weighted by atomic mass is 16.3. The monoisotopic (exact) mass is 255 g/mol. The number of amides is 1. The Morgan fingerprint density at radius 1 is 1.11 bits per heavy atom. The average Bonchev–Trinajstić information content (AvgIpc) is 2.39. The molecular weight excluding hydrogens is 238 g/mol. The maximum atomic E-state index is 12.1. The number of nitrogens with one attached hydrogen (secondary N) is 1. The molecule has 2 aromatic rings. The molecule has 0 bridgehead atoms. The summed E-state index contributed by atoms with van der Waals surface area (Å²) in [6, 6.07) is 14.6. The molecule has 19 heavy (non-hydrogen) atoms. The SMILES string of the molecule is Cc1ccccc1C(=O)Nc1ccc(C(C)O)cc1. The van der Waals surface area contributed by atoms with Crippen LogP contribution in [0.2, 0.25) is 0 Å². The largest absolute Gasteiger partial charge is 0.389 e. The van der Waals surface area contributed by atoms with Gasteiger partial charge in [-0.3, -0.25) is 4.79 Å². The van der Waals surface area contributed by atoms with Crippen LogP contribution >= 0.6 is 0 Å². The van der Waals surface area contributed by atoms with E-state index in [1.807, 2.05) is 25.1 Å². The van der Waals surface area contributed by atoms with Gasteiger partial charge in [-0.2, -0.15) is 0 Å². The van der Waals surface area contributed by atoms with Crippen molar-refractivity contribution in [3.8, 4) is 0 Å². The number of anilines is 1. The third-order valence-corrected chi connectivity index (χ3v) is 3.04. The lowest BCUT2D eigenvalue weighted by Gasteiger charge is -2.09. The number of carbonyl (C=O) groups is 1. The minimum Gasteiger partial charge on any atom is -0.389 e. The molecule has 0 saturated carbocycles.